The van der Waals surface area contributed by atoms with Gasteiger partial charge in [-0.1, -0.05) is 33.1 Å². The predicted octanol–water partition coefficient (Wildman–Crippen LogP) is 3.26. The zero-order valence-corrected chi connectivity index (χ0v) is 12.6. The van der Waals surface area contributed by atoms with Gasteiger partial charge in [0.25, 0.3) is 0 Å². The summed E-state index contributed by atoms with van der Waals surface area (Å²) in [6.07, 6.45) is 6.45. The number of hydrogen-bond acceptors (Lipinski definition) is 3. The summed E-state index contributed by atoms with van der Waals surface area (Å²) in [5.74, 6) is -1.09. The number of nitrogens with one attached hydrogen (secondary N) is 2. The number of urea groups is 1. The number of unbranched alkanes of at least 4 members (excludes halogenated alkanes) is 1. The van der Waals surface area contributed by atoms with E-state index < -0.39 is 5.97 Å². The number of hydrogen-bond donors (Lipinski definition) is 3. The standard InChI is InChI=1S/C15H23N3O3/c1-3-5-7-11(6-4-2)17-15(21)18-12-8-9-13(14(19)20)16-10-12/h8-11H,3-7H2,1-2H3,(H,19,20)(H2,17,18,21). The molecular weight excluding hydrogens is 270 g/mol. The molecule has 6 heteroatoms. The van der Waals surface area contributed by atoms with E-state index in [1.165, 1.54) is 18.3 Å². The molecule has 0 radical (unpaired) electrons. The molecule has 0 saturated heterocycles. The van der Waals surface area contributed by atoms with E-state index in [4.69, 9.17) is 5.11 Å². The summed E-state index contributed by atoms with van der Waals surface area (Å²) in [6.45, 7) is 4.21. The van der Waals surface area contributed by atoms with Gasteiger partial charge in [-0.2, -0.15) is 0 Å². The van der Waals surface area contributed by atoms with Crippen LogP contribution in [0, 0.1) is 0 Å². The highest BCUT2D eigenvalue weighted by Crippen LogP contribution is 2.09. The number of carbonyl (C=O) groups excluding carboxylic acids is 1. The fraction of sp³-hybridized carbons (Fsp3) is 0.533. The number of aromatic carboxylic acids is 1. The Bertz CT molecular complexity index is 460. The van der Waals surface area contributed by atoms with E-state index in [0.717, 1.165) is 32.1 Å². The van der Waals surface area contributed by atoms with E-state index in [1.807, 2.05) is 0 Å². The van der Waals surface area contributed by atoms with Gasteiger partial charge < -0.3 is 15.7 Å². The van der Waals surface area contributed by atoms with Crippen molar-refractivity contribution in [2.75, 3.05) is 5.32 Å². The summed E-state index contributed by atoms with van der Waals surface area (Å²) >= 11 is 0. The number of carbonyl (C=O) groups is 2. The van der Waals surface area contributed by atoms with Gasteiger partial charge in [-0.25, -0.2) is 14.6 Å². The number of carboxylic acid groups (broad SMARTS) is 1. The zero-order valence-electron chi connectivity index (χ0n) is 12.6. The van der Waals surface area contributed by atoms with E-state index in [0.29, 0.717) is 5.69 Å². The molecule has 0 saturated carbocycles. The van der Waals surface area contributed by atoms with Crippen molar-refractivity contribution in [3.63, 3.8) is 0 Å². The Labute approximate surface area is 125 Å². The molecular formula is C15H23N3O3. The largest absolute Gasteiger partial charge is 0.477 e. The lowest BCUT2D eigenvalue weighted by atomic mass is 10.1. The second-order valence-corrected chi connectivity index (χ2v) is 4.96. The Balaban J connectivity index is 2.52. The van der Waals surface area contributed by atoms with Crippen molar-refractivity contribution in [2.24, 2.45) is 0 Å². The first-order chi connectivity index (χ1) is 10.1. The molecule has 1 unspecified atom stereocenters. The van der Waals surface area contributed by atoms with Gasteiger partial charge in [-0.05, 0) is 25.0 Å². The van der Waals surface area contributed by atoms with Gasteiger partial charge in [0.1, 0.15) is 5.69 Å². The molecule has 116 valence electrons. The molecule has 1 aromatic heterocycles. The van der Waals surface area contributed by atoms with Gasteiger partial charge in [0.15, 0.2) is 0 Å². The Morgan fingerprint density at radius 3 is 2.52 bits per heavy atom. The van der Waals surface area contributed by atoms with Crippen molar-refractivity contribution in [3.8, 4) is 0 Å². The first kappa shape index (κ1) is 16.9. The third-order valence-corrected chi connectivity index (χ3v) is 3.12. The van der Waals surface area contributed by atoms with Crippen LogP contribution in [0.25, 0.3) is 0 Å². The fourth-order valence-corrected chi connectivity index (χ4v) is 2.03. The lowest BCUT2D eigenvalue weighted by molar-refractivity contribution is 0.0690. The summed E-state index contributed by atoms with van der Waals surface area (Å²) in [4.78, 5) is 26.4. The van der Waals surface area contributed by atoms with E-state index in [9.17, 15) is 9.59 Å². The molecule has 0 aromatic carbocycles. The Morgan fingerprint density at radius 1 is 1.24 bits per heavy atom. The number of rotatable bonds is 8. The average Bonchev–Trinajstić information content (AvgIpc) is 2.45. The first-order valence-corrected chi connectivity index (χ1v) is 7.33. The topological polar surface area (TPSA) is 91.3 Å². The SMILES string of the molecule is CCCCC(CCC)NC(=O)Nc1ccc(C(=O)O)nc1. The lowest BCUT2D eigenvalue weighted by Gasteiger charge is -2.18. The van der Waals surface area contributed by atoms with Gasteiger partial charge in [0.2, 0.25) is 0 Å². The molecule has 2 amide bonds. The van der Waals surface area contributed by atoms with Gasteiger partial charge in [0.05, 0.1) is 11.9 Å². The van der Waals surface area contributed by atoms with Crippen LogP contribution in [0.2, 0.25) is 0 Å². The third-order valence-electron chi connectivity index (χ3n) is 3.12. The molecule has 0 spiro atoms. The molecule has 0 aliphatic carbocycles. The van der Waals surface area contributed by atoms with Gasteiger partial charge in [-0.3, -0.25) is 0 Å². The smallest absolute Gasteiger partial charge is 0.354 e. The number of pyridine rings is 1. The monoisotopic (exact) mass is 293 g/mol. The summed E-state index contributed by atoms with van der Waals surface area (Å²) in [5.41, 5.74) is 0.427. The molecule has 0 aliphatic rings. The van der Waals surface area contributed by atoms with Crippen molar-refractivity contribution in [1.82, 2.24) is 10.3 Å². The van der Waals surface area contributed by atoms with Crippen molar-refractivity contribution in [3.05, 3.63) is 24.0 Å². The maximum atomic E-state index is 11.9. The van der Waals surface area contributed by atoms with Crippen LogP contribution in [0.5, 0.6) is 0 Å². The molecule has 21 heavy (non-hydrogen) atoms. The van der Waals surface area contributed by atoms with Crippen LogP contribution in [0.3, 0.4) is 0 Å². The van der Waals surface area contributed by atoms with Crippen LogP contribution in [-0.4, -0.2) is 28.1 Å². The molecule has 1 atom stereocenters. The minimum Gasteiger partial charge on any atom is -0.477 e. The van der Waals surface area contributed by atoms with Crippen molar-refractivity contribution < 1.29 is 14.7 Å². The van der Waals surface area contributed by atoms with Gasteiger partial charge in [-0.15, -0.1) is 0 Å². The second kappa shape index (κ2) is 8.94. The van der Waals surface area contributed by atoms with Crippen molar-refractivity contribution >= 4 is 17.7 Å². The summed E-state index contributed by atoms with van der Waals surface area (Å²) in [7, 11) is 0. The van der Waals surface area contributed by atoms with E-state index in [2.05, 4.69) is 29.5 Å². The number of aromatic nitrogens is 1. The molecule has 1 rings (SSSR count). The summed E-state index contributed by atoms with van der Waals surface area (Å²) in [6, 6.07) is 2.77. The Hall–Kier alpha value is -2.11. The highest BCUT2D eigenvalue weighted by atomic mass is 16.4. The van der Waals surface area contributed by atoms with Gasteiger partial charge >= 0.3 is 12.0 Å². The van der Waals surface area contributed by atoms with E-state index in [1.54, 1.807) is 0 Å². The minimum absolute atomic E-state index is 0.0484. The molecule has 0 aliphatic heterocycles. The molecule has 0 bridgehead atoms. The fourth-order valence-electron chi connectivity index (χ4n) is 2.03. The van der Waals surface area contributed by atoms with E-state index >= 15 is 0 Å². The first-order valence-electron chi connectivity index (χ1n) is 7.33. The van der Waals surface area contributed by atoms with Crippen LogP contribution in [0.15, 0.2) is 18.3 Å². The second-order valence-electron chi connectivity index (χ2n) is 4.96. The maximum Gasteiger partial charge on any atom is 0.354 e. The average molecular weight is 293 g/mol. The Kier molecular flexibility index (Phi) is 7.21. The normalized spacial score (nSPS) is 11.7. The van der Waals surface area contributed by atoms with Crippen molar-refractivity contribution in [2.45, 2.75) is 52.0 Å². The van der Waals surface area contributed by atoms with E-state index in [-0.39, 0.29) is 17.8 Å². The maximum absolute atomic E-state index is 11.9. The summed E-state index contributed by atoms with van der Waals surface area (Å²) < 4.78 is 0. The number of nitrogens with zero attached hydrogens (tertiary/aromatic N) is 1. The molecule has 1 aromatic rings. The number of amides is 2. The highest BCUT2D eigenvalue weighted by Gasteiger charge is 2.11. The summed E-state index contributed by atoms with van der Waals surface area (Å²) in [5, 5.41) is 14.4. The van der Waals surface area contributed by atoms with Crippen molar-refractivity contribution in [1.29, 1.82) is 0 Å². The highest BCUT2D eigenvalue weighted by molar-refractivity contribution is 5.90. The van der Waals surface area contributed by atoms with Crippen LogP contribution in [0.4, 0.5) is 10.5 Å². The predicted molar refractivity (Wildman–Crippen MR) is 81.6 cm³/mol. The van der Waals surface area contributed by atoms with Crippen LogP contribution in [-0.2, 0) is 0 Å². The molecule has 3 N–H and O–H groups in total. The molecule has 0 fully saturated rings. The number of anilines is 1. The Morgan fingerprint density at radius 2 is 2.00 bits per heavy atom. The lowest BCUT2D eigenvalue weighted by Crippen LogP contribution is -2.37. The van der Waals surface area contributed by atoms with Crippen LogP contribution < -0.4 is 10.6 Å². The zero-order chi connectivity index (χ0) is 15.7. The quantitative estimate of drug-likeness (QED) is 0.686. The van der Waals surface area contributed by atoms with Crippen LogP contribution in [0.1, 0.15) is 56.4 Å². The van der Waals surface area contributed by atoms with Crippen LogP contribution >= 0.6 is 0 Å². The number of carboxylic acids is 1. The molecule has 6 nitrogen and oxygen atoms in total. The molecule has 1 heterocycles. The third kappa shape index (κ3) is 6.25. The van der Waals surface area contributed by atoms with Gasteiger partial charge in [0, 0.05) is 6.04 Å². The minimum atomic E-state index is -1.09.